The molecule has 0 fully saturated rings. The minimum atomic E-state index is -4.32. The zero-order valence-corrected chi connectivity index (χ0v) is 13.5. The molecule has 0 spiro atoms. The molecule has 2 unspecified atom stereocenters. The molecule has 1 aromatic rings. The smallest absolute Gasteiger partial charge is 0.329 e. The molecule has 1 rings (SSSR count). The molecule has 0 aliphatic carbocycles. The quantitative estimate of drug-likeness (QED) is 0.829. The van der Waals surface area contributed by atoms with Gasteiger partial charge in [-0.15, -0.1) is 0 Å². The van der Waals surface area contributed by atoms with Crippen molar-refractivity contribution in [3.63, 3.8) is 0 Å². The third-order valence-electron chi connectivity index (χ3n) is 3.75. The molecule has 2 N–H and O–H groups in total. The summed E-state index contributed by atoms with van der Waals surface area (Å²) < 4.78 is 38.4. The Labute approximate surface area is 128 Å². The third-order valence-corrected chi connectivity index (χ3v) is 4.39. The summed E-state index contributed by atoms with van der Waals surface area (Å²) in [6, 6.07) is 5.51. The van der Waals surface area contributed by atoms with Crippen LogP contribution in [0, 0.1) is 0 Å². The van der Waals surface area contributed by atoms with Gasteiger partial charge in [-0.05, 0) is 50.1 Å². The second-order valence-electron chi connectivity index (χ2n) is 5.17. The number of nitrogens with zero attached hydrogens (tertiary/aromatic N) is 1. The molecular formula is C15H23F3N2S. The fourth-order valence-electron chi connectivity index (χ4n) is 2.26. The van der Waals surface area contributed by atoms with Gasteiger partial charge in [0.1, 0.15) is 0 Å². The number of rotatable bonds is 7. The lowest BCUT2D eigenvalue weighted by Crippen LogP contribution is -2.37. The van der Waals surface area contributed by atoms with Crippen molar-refractivity contribution in [2.24, 2.45) is 5.73 Å². The van der Waals surface area contributed by atoms with Gasteiger partial charge < -0.3 is 5.73 Å². The van der Waals surface area contributed by atoms with Gasteiger partial charge >= 0.3 is 6.18 Å². The summed E-state index contributed by atoms with van der Waals surface area (Å²) in [4.78, 5) is 2.06. The summed E-state index contributed by atoms with van der Waals surface area (Å²) in [6.45, 7) is 2.37. The molecule has 21 heavy (non-hydrogen) atoms. The zero-order chi connectivity index (χ0) is 16.0. The highest BCUT2D eigenvalue weighted by Gasteiger charge is 2.31. The lowest BCUT2D eigenvalue weighted by Gasteiger charge is -2.33. The van der Waals surface area contributed by atoms with Crippen LogP contribution >= 0.6 is 11.8 Å². The number of hydrogen-bond acceptors (Lipinski definition) is 3. The van der Waals surface area contributed by atoms with Gasteiger partial charge in [-0.1, -0.05) is 12.1 Å². The number of likely N-dealkylation sites (N-methyl/N-ethyl adjacent to an activating group) is 1. The number of alkyl halides is 3. The Balaban J connectivity index is 2.94. The highest BCUT2D eigenvalue weighted by molar-refractivity contribution is 7.98. The number of halogens is 3. The monoisotopic (exact) mass is 320 g/mol. The van der Waals surface area contributed by atoms with Crippen molar-refractivity contribution in [1.82, 2.24) is 4.90 Å². The summed E-state index contributed by atoms with van der Waals surface area (Å²) in [5, 5.41) is 0. The zero-order valence-electron chi connectivity index (χ0n) is 12.7. The summed E-state index contributed by atoms with van der Waals surface area (Å²) in [6.07, 6.45) is -1.30. The predicted molar refractivity (Wildman–Crippen MR) is 83.5 cm³/mol. The molecular weight excluding hydrogens is 297 g/mol. The predicted octanol–water partition coefficient (Wildman–Crippen LogP) is 3.78. The Morgan fingerprint density at radius 1 is 1.33 bits per heavy atom. The first-order valence-electron chi connectivity index (χ1n) is 6.89. The van der Waals surface area contributed by atoms with Gasteiger partial charge in [-0.25, -0.2) is 0 Å². The van der Waals surface area contributed by atoms with Crippen LogP contribution in [0.15, 0.2) is 24.3 Å². The molecule has 0 radical (unpaired) electrons. The van der Waals surface area contributed by atoms with E-state index in [2.05, 4.69) is 11.8 Å². The molecule has 1 aromatic carbocycles. The van der Waals surface area contributed by atoms with E-state index in [0.717, 1.165) is 18.2 Å². The summed E-state index contributed by atoms with van der Waals surface area (Å²) in [5.74, 6) is 1.02. The van der Waals surface area contributed by atoms with Gasteiger partial charge in [-0.3, -0.25) is 4.90 Å². The topological polar surface area (TPSA) is 29.3 Å². The summed E-state index contributed by atoms with van der Waals surface area (Å²) in [7, 11) is 1.92. The fourth-order valence-corrected chi connectivity index (χ4v) is 2.84. The van der Waals surface area contributed by atoms with E-state index in [-0.39, 0.29) is 12.1 Å². The lowest BCUT2D eigenvalue weighted by atomic mass is 10.0. The maximum Gasteiger partial charge on any atom is 0.416 e. The van der Waals surface area contributed by atoms with Crippen molar-refractivity contribution in [1.29, 1.82) is 0 Å². The number of nitrogens with two attached hydrogens (primary N) is 1. The normalized spacial score (nSPS) is 15.2. The van der Waals surface area contributed by atoms with Gasteiger partial charge in [0.2, 0.25) is 0 Å². The molecule has 0 aliphatic rings. The molecule has 0 saturated heterocycles. The number of benzene rings is 1. The van der Waals surface area contributed by atoms with E-state index in [1.165, 1.54) is 12.1 Å². The first-order valence-corrected chi connectivity index (χ1v) is 8.28. The van der Waals surface area contributed by atoms with E-state index in [1.807, 2.05) is 13.3 Å². The Bertz CT molecular complexity index is 437. The van der Waals surface area contributed by atoms with Crippen molar-refractivity contribution in [2.45, 2.75) is 31.6 Å². The minimum Gasteiger partial charge on any atom is -0.329 e. The average molecular weight is 320 g/mol. The highest BCUT2D eigenvalue weighted by Crippen LogP contribution is 2.32. The fraction of sp³-hybridized carbons (Fsp3) is 0.600. The minimum absolute atomic E-state index is 0.204. The Morgan fingerprint density at radius 2 is 2.00 bits per heavy atom. The molecule has 2 nitrogen and oxygen atoms in total. The molecule has 0 heterocycles. The van der Waals surface area contributed by atoms with E-state index < -0.39 is 11.7 Å². The molecule has 0 bridgehead atoms. The van der Waals surface area contributed by atoms with Crippen LogP contribution in [0.25, 0.3) is 0 Å². The average Bonchev–Trinajstić information content (AvgIpc) is 2.44. The number of thioether (sulfide) groups is 1. The van der Waals surface area contributed by atoms with Crippen LogP contribution in [0.5, 0.6) is 0 Å². The van der Waals surface area contributed by atoms with Crippen LogP contribution in [-0.4, -0.2) is 36.5 Å². The second kappa shape index (κ2) is 8.06. The van der Waals surface area contributed by atoms with E-state index in [0.29, 0.717) is 12.1 Å². The van der Waals surface area contributed by atoms with Crippen molar-refractivity contribution in [2.75, 3.05) is 25.6 Å². The van der Waals surface area contributed by atoms with Gasteiger partial charge in [0.05, 0.1) is 5.56 Å². The first kappa shape index (κ1) is 18.3. The molecule has 0 aliphatic heterocycles. The van der Waals surface area contributed by atoms with Crippen molar-refractivity contribution in [3.8, 4) is 0 Å². The largest absolute Gasteiger partial charge is 0.416 e. The summed E-state index contributed by atoms with van der Waals surface area (Å²) >= 11 is 1.76. The van der Waals surface area contributed by atoms with Crippen LogP contribution < -0.4 is 5.73 Å². The van der Waals surface area contributed by atoms with E-state index in [1.54, 1.807) is 17.8 Å². The van der Waals surface area contributed by atoms with E-state index >= 15 is 0 Å². The van der Waals surface area contributed by atoms with Crippen LogP contribution in [0.4, 0.5) is 13.2 Å². The van der Waals surface area contributed by atoms with Gasteiger partial charge in [0.25, 0.3) is 0 Å². The van der Waals surface area contributed by atoms with Crippen LogP contribution in [0.3, 0.4) is 0 Å². The van der Waals surface area contributed by atoms with Crippen LogP contribution in [-0.2, 0) is 6.18 Å². The molecule has 2 atom stereocenters. The second-order valence-corrected chi connectivity index (χ2v) is 6.16. The lowest BCUT2D eigenvalue weighted by molar-refractivity contribution is -0.137. The van der Waals surface area contributed by atoms with Crippen molar-refractivity contribution in [3.05, 3.63) is 35.4 Å². The van der Waals surface area contributed by atoms with Crippen LogP contribution in [0.2, 0.25) is 0 Å². The Hall–Kier alpha value is -0.720. The standard InChI is InChI=1S/C15H23F3N2S/c1-11(7-8-21-3)20(2)14(10-19)12-5-4-6-13(9-12)15(16,17)18/h4-6,9,11,14H,7-8,10,19H2,1-3H3. The maximum atomic E-state index is 12.8. The highest BCUT2D eigenvalue weighted by atomic mass is 32.2. The molecule has 0 amide bonds. The molecule has 120 valence electrons. The van der Waals surface area contributed by atoms with Crippen LogP contribution in [0.1, 0.15) is 30.5 Å². The van der Waals surface area contributed by atoms with Gasteiger partial charge in [-0.2, -0.15) is 24.9 Å². The molecule has 6 heteroatoms. The number of hydrogen-bond donors (Lipinski definition) is 1. The van der Waals surface area contributed by atoms with Gasteiger partial charge in [0, 0.05) is 18.6 Å². The van der Waals surface area contributed by atoms with E-state index in [9.17, 15) is 13.2 Å². The SMILES string of the molecule is CSCCC(C)N(C)C(CN)c1cccc(C(F)(F)F)c1. The molecule has 0 saturated carbocycles. The van der Waals surface area contributed by atoms with Gasteiger partial charge in [0.15, 0.2) is 0 Å². The molecule has 0 aromatic heterocycles. The van der Waals surface area contributed by atoms with E-state index in [4.69, 9.17) is 5.73 Å². The summed E-state index contributed by atoms with van der Waals surface area (Å²) in [5.41, 5.74) is 5.80. The maximum absolute atomic E-state index is 12.8. The third kappa shape index (κ3) is 5.20. The van der Waals surface area contributed by atoms with Crippen molar-refractivity contribution < 1.29 is 13.2 Å². The first-order chi connectivity index (χ1) is 9.81. The Morgan fingerprint density at radius 3 is 2.52 bits per heavy atom. The van der Waals surface area contributed by atoms with Crippen molar-refractivity contribution >= 4 is 11.8 Å². The Kier molecular flexibility index (Phi) is 7.03.